The Hall–Kier alpha value is -3.86. The molecule has 1 atom stereocenters. The molecule has 0 aliphatic heterocycles. The van der Waals surface area contributed by atoms with Gasteiger partial charge in [-0.25, -0.2) is 9.59 Å². The Bertz CT molecular complexity index is 860. The molecule has 0 aromatic heterocycles. The molecule has 0 bridgehead atoms. The molecule has 0 radical (unpaired) electrons. The van der Waals surface area contributed by atoms with Crippen LogP contribution in [0.4, 0.5) is 4.79 Å². The molecular weight excluding hydrogens is 362 g/mol. The van der Waals surface area contributed by atoms with Crippen LogP contribution in [-0.4, -0.2) is 35.7 Å². The van der Waals surface area contributed by atoms with Gasteiger partial charge in [0.15, 0.2) is 0 Å². The van der Waals surface area contributed by atoms with E-state index in [1.165, 1.54) is 0 Å². The summed E-state index contributed by atoms with van der Waals surface area (Å²) in [5, 5.41) is 22.7. The minimum absolute atomic E-state index is 0.0469. The van der Waals surface area contributed by atoms with Crippen molar-refractivity contribution in [3.63, 3.8) is 0 Å². The van der Waals surface area contributed by atoms with E-state index in [9.17, 15) is 19.5 Å². The second kappa shape index (κ2) is 10.3. The van der Waals surface area contributed by atoms with E-state index in [0.717, 1.165) is 5.56 Å². The van der Waals surface area contributed by atoms with E-state index in [1.54, 1.807) is 36.4 Å². The molecule has 8 heteroatoms. The lowest BCUT2D eigenvalue weighted by Gasteiger charge is -2.15. The highest BCUT2D eigenvalue weighted by atomic mass is 16.5. The fraction of sp³-hybridized carbons (Fsp3) is 0.200. The lowest BCUT2D eigenvalue weighted by Crippen LogP contribution is -2.46. The number of benzene rings is 2. The first-order valence-corrected chi connectivity index (χ1v) is 8.43. The number of carbonyl (C=O) groups excluding carboxylic acids is 2. The number of amides is 2. The predicted molar refractivity (Wildman–Crippen MR) is 99.1 cm³/mol. The zero-order chi connectivity index (χ0) is 20.4. The van der Waals surface area contributed by atoms with Gasteiger partial charge in [0, 0.05) is 6.42 Å². The normalized spacial score (nSPS) is 11.0. The molecule has 0 unspecified atom stereocenters. The summed E-state index contributed by atoms with van der Waals surface area (Å²) in [6.45, 7) is -0.352. The lowest BCUT2D eigenvalue weighted by atomic mass is 10.0. The molecule has 2 aromatic carbocycles. The third kappa shape index (κ3) is 6.80. The molecule has 2 rings (SSSR count). The molecule has 0 saturated heterocycles. The molecule has 8 nitrogen and oxygen atoms in total. The highest BCUT2D eigenvalue weighted by Crippen LogP contribution is 2.07. The Kier molecular flexibility index (Phi) is 7.54. The quantitative estimate of drug-likeness (QED) is 0.637. The first-order chi connectivity index (χ1) is 13.5. The molecule has 0 aliphatic rings. The van der Waals surface area contributed by atoms with Crippen molar-refractivity contribution in [3.8, 4) is 6.07 Å². The average molecular weight is 381 g/mol. The Morgan fingerprint density at radius 2 is 1.71 bits per heavy atom. The highest BCUT2D eigenvalue weighted by Gasteiger charge is 2.20. The predicted octanol–water partition coefficient (Wildman–Crippen LogP) is 1.60. The van der Waals surface area contributed by atoms with Crippen molar-refractivity contribution in [1.29, 1.82) is 5.26 Å². The Labute approximate surface area is 161 Å². The van der Waals surface area contributed by atoms with Crippen LogP contribution in [0.1, 0.15) is 16.7 Å². The molecular formula is C20H19N3O5. The zero-order valence-electron chi connectivity index (χ0n) is 14.9. The van der Waals surface area contributed by atoms with Gasteiger partial charge in [-0.05, 0) is 23.3 Å². The number of rotatable bonds is 8. The molecule has 0 aliphatic carbocycles. The van der Waals surface area contributed by atoms with E-state index in [0.29, 0.717) is 11.1 Å². The number of hydrogen-bond donors (Lipinski definition) is 3. The highest BCUT2D eigenvalue weighted by molar-refractivity contribution is 5.86. The van der Waals surface area contributed by atoms with Crippen LogP contribution in [0.15, 0.2) is 54.6 Å². The average Bonchev–Trinajstić information content (AvgIpc) is 2.71. The number of carbonyl (C=O) groups is 3. The first-order valence-electron chi connectivity index (χ1n) is 8.43. The van der Waals surface area contributed by atoms with Crippen LogP contribution in [0.2, 0.25) is 0 Å². The van der Waals surface area contributed by atoms with Crippen molar-refractivity contribution in [2.45, 2.75) is 19.1 Å². The van der Waals surface area contributed by atoms with Crippen LogP contribution in [0.3, 0.4) is 0 Å². The van der Waals surface area contributed by atoms with Gasteiger partial charge in [0.25, 0.3) is 0 Å². The van der Waals surface area contributed by atoms with Crippen LogP contribution in [0.25, 0.3) is 0 Å². The Morgan fingerprint density at radius 3 is 2.32 bits per heavy atom. The first kappa shape index (κ1) is 20.5. The van der Waals surface area contributed by atoms with E-state index >= 15 is 0 Å². The van der Waals surface area contributed by atoms with E-state index in [1.807, 2.05) is 24.3 Å². The van der Waals surface area contributed by atoms with Crippen molar-refractivity contribution >= 4 is 18.0 Å². The van der Waals surface area contributed by atoms with E-state index in [-0.39, 0.29) is 13.0 Å². The maximum atomic E-state index is 11.9. The molecule has 0 fully saturated rings. The fourth-order valence-corrected chi connectivity index (χ4v) is 2.32. The summed E-state index contributed by atoms with van der Waals surface area (Å²) < 4.78 is 4.98. The molecule has 0 spiro atoms. The number of alkyl carbamates (subject to hydrolysis) is 1. The number of nitrogens with zero attached hydrogens (tertiary/aromatic N) is 1. The summed E-state index contributed by atoms with van der Waals surface area (Å²) in [6.07, 6.45) is -0.733. The standard InChI is InChI=1S/C20H19N3O5/c21-11-15-8-6-14(7-9-15)10-17(19(25)26)23-18(24)12-22-20(27)28-13-16-4-2-1-3-5-16/h1-9,17H,10,12-13H2,(H,22,27)(H,23,24)(H,25,26)/t17-/m0/s1. The minimum Gasteiger partial charge on any atom is -0.480 e. The Morgan fingerprint density at radius 1 is 1.04 bits per heavy atom. The van der Waals surface area contributed by atoms with E-state index in [2.05, 4.69) is 10.6 Å². The van der Waals surface area contributed by atoms with Gasteiger partial charge in [0.05, 0.1) is 11.6 Å². The zero-order valence-corrected chi connectivity index (χ0v) is 14.9. The van der Waals surface area contributed by atoms with Crippen molar-refractivity contribution < 1.29 is 24.2 Å². The fourth-order valence-electron chi connectivity index (χ4n) is 2.32. The number of aliphatic carboxylic acids is 1. The largest absolute Gasteiger partial charge is 0.480 e. The van der Waals surface area contributed by atoms with Crippen molar-refractivity contribution in [3.05, 3.63) is 71.3 Å². The van der Waals surface area contributed by atoms with Gasteiger partial charge >= 0.3 is 12.1 Å². The molecule has 0 heterocycles. The van der Waals surface area contributed by atoms with Crippen LogP contribution < -0.4 is 10.6 Å². The summed E-state index contributed by atoms with van der Waals surface area (Å²) in [4.78, 5) is 35.0. The molecule has 144 valence electrons. The van der Waals surface area contributed by atoms with Gasteiger partial charge < -0.3 is 20.5 Å². The summed E-state index contributed by atoms with van der Waals surface area (Å²) in [6, 6.07) is 16.2. The number of nitriles is 1. The van der Waals surface area contributed by atoms with Gasteiger partial charge in [-0.1, -0.05) is 42.5 Å². The molecule has 2 aromatic rings. The third-order valence-electron chi connectivity index (χ3n) is 3.76. The van der Waals surface area contributed by atoms with Crippen LogP contribution in [0.5, 0.6) is 0 Å². The monoisotopic (exact) mass is 381 g/mol. The summed E-state index contributed by atoms with van der Waals surface area (Å²) >= 11 is 0. The Balaban J connectivity index is 1.78. The summed E-state index contributed by atoms with van der Waals surface area (Å²) in [5.41, 5.74) is 1.91. The van der Waals surface area contributed by atoms with Crippen LogP contribution >= 0.6 is 0 Å². The van der Waals surface area contributed by atoms with E-state index in [4.69, 9.17) is 10.00 Å². The number of ether oxygens (including phenoxy) is 1. The van der Waals surface area contributed by atoms with Crippen molar-refractivity contribution in [1.82, 2.24) is 10.6 Å². The topological polar surface area (TPSA) is 129 Å². The number of carboxylic acid groups (broad SMARTS) is 1. The van der Waals surface area contributed by atoms with Gasteiger partial charge in [0.2, 0.25) is 5.91 Å². The van der Waals surface area contributed by atoms with Crippen molar-refractivity contribution in [2.75, 3.05) is 6.54 Å². The molecule has 0 saturated carbocycles. The van der Waals surface area contributed by atoms with Gasteiger partial charge in [0.1, 0.15) is 19.2 Å². The SMILES string of the molecule is N#Cc1ccc(C[C@H](NC(=O)CNC(=O)OCc2ccccc2)C(=O)O)cc1. The van der Waals surface area contributed by atoms with E-state index < -0.39 is 30.6 Å². The molecule has 28 heavy (non-hydrogen) atoms. The van der Waals surface area contributed by atoms with Gasteiger partial charge in [-0.3, -0.25) is 4.79 Å². The lowest BCUT2D eigenvalue weighted by molar-refractivity contribution is -0.141. The third-order valence-corrected chi connectivity index (χ3v) is 3.76. The maximum absolute atomic E-state index is 11.9. The smallest absolute Gasteiger partial charge is 0.407 e. The van der Waals surface area contributed by atoms with Crippen LogP contribution in [0, 0.1) is 11.3 Å². The molecule has 2 amide bonds. The maximum Gasteiger partial charge on any atom is 0.407 e. The van der Waals surface area contributed by atoms with Crippen molar-refractivity contribution in [2.24, 2.45) is 0 Å². The summed E-state index contributed by atoms with van der Waals surface area (Å²) in [7, 11) is 0. The second-order valence-electron chi connectivity index (χ2n) is 5.89. The number of nitrogens with one attached hydrogen (secondary N) is 2. The van der Waals surface area contributed by atoms with Gasteiger partial charge in [-0.2, -0.15) is 5.26 Å². The summed E-state index contributed by atoms with van der Waals surface area (Å²) in [5.74, 6) is -1.86. The van der Waals surface area contributed by atoms with Gasteiger partial charge in [-0.15, -0.1) is 0 Å². The van der Waals surface area contributed by atoms with Crippen LogP contribution in [-0.2, 0) is 27.4 Å². The minimum atomic E-state index is -1.20. The number of hydrogen-bond acceptors (Lipinski definition) is 5. The second-order valence-corrected chi connectivity index (χ2v) is 5.89. The number of carboxylic acids is 1. The molecule has 3 N–H and O–H groups in total.